The monoisotopic (exact) mass is 336 g/mol. The van der Waals surface area contributed by atoms with Crippen LogP contribution < -0.4 is 10.6 Å². The van der Waals surface area contributed by atoms with E-state index in [4.69, 9.17) is 23.2 Å². The van der Waals surface area contributed by atoms with E-state index in [1.54, 1.807) is 43.4 Å². The third-order valence-electron chi connectivity index (χ3n) is 3.08. The molecule has 0 unspecified atom stereocenters. The number of amides is 2. The quantitative estimate of drug-likeness (QED) is 0.900. The summed E-state index contributed by atoms with van der Waals surface area (Å²) in [7, 11) is 1.58. The average molecular weight is 337 g/mol. The van der Waals surface area contributed by atoms with Gasteiger partial charge in [-0.15, -0.1) is 0 Å². The largest absolute Gasteiger partial charge is 0.355 e. The standard InChI is InChI=1S/C16H14Cl2N2O2/c1-19-15(21)11-4-2-10(3-5-11)9-20-16(22)12-6-7-13(17)14(18)8-12/h2-8H,9H2,1H3,(H,19,21)(H,20,22). The van der Waals surface area contributed by atoms with Crippen molar-refractivity contribution in [2.45, 2.75) is 6.54 Å². The molecule has 0 aliphatic rings. The molecule has 0 aromatic heterocycles. The fourth-order valence-corrected chi connectivity index (χ4v) is 2.14. The van der Waals surface area contributed by atoms with Crippen LogP contribution >= 0.6 is 23.2 Å². The van der Waals surface area contributed by atoms with Crippen LogP contribution in [-0.2, 0) is 6.54 Å². The van der Waals surface area contributed by atoms with Gasteiger partial charge < -0.3 is 10.6 Å². The maximum Gasteiger partial charge on any atom is 0.251 e. The van der Waals surface area contributed by atoms with Crippen molar-refractivity contribution in [3.63, 3.8) is 0 Å². The summed E-state index contributed by atoms with van der Waals surface area (Å²) < 4.78 is 0. The van der Waals surface area contributed by atoms with Crippen molar-refractivity contribution in [2.75, 3.05) is 7.05 Å². The maximum absolute atomic E-state index is 12.0. The predicted octanol–water partition coefficient (Wildman–Crippen LogP) is 3.28. The second-order valence-corrected chi connectivity index (χ2v) is 5.40. The van der Waals surface area contributed by atoms with E-state index < -0.39 is 0 Å². The molecular formula is C16H14Cl2N2O2. The van der Waals surface area contributed by atoms with Crippen LogP contribution in [0.25, 0.3) is 0 Å². The van der Waals surface area contributed by atoms with Gasteiger partial charge in [0.1, 0.15) is 0 Å². The van der Waals surface area contributed by atoms with E-state index in [1.165, 1.54) is 6.07 Å². The molecule has 0 spiro atoms. The van der Waals surface area contributed by atoms with Gasteiger partial charge in [0.15, 0.2) is 0 Å². The van der Waals surface area contributed by atoms with Gasteiger partial charge in [0.2, 0.25) is 0 Å². The number of hydrogen-bond acceptors (Lipinski definition) is 2. The first-order valence-electron chi connectivity index (χ1n) is 6.55. The number of halogens is 2. The molecule has 0 bridgehead atoms. The third-order valence-corrected chi connectivity index (χ3v) is 3.82. The Hall–Kier alpha value is -2.04. The number of rotatable bonds is 4. The molecule has 2 amide bonds. The Bertz CT molecular complexity index is 700. The summed E-state index contributed by atoms with van der Waals surface area (Å²) in [6, 6.07) is 11.7. The van der Waals surface area contributed by atoms with Crippen LogP contribution in [0.2, 0.25) is 10.0 Å². The first kappa shape index (κ1) is 16.3. The molecule has 0 aliphatic carbocycles. The summed E-state index contributed by atoms with van der Waals surface area (Å²) in [4.78, 5) is 23.5. The Morgan fingerprint density at radius 3 is 2.14 bits per heavy atom. The highest BCUT2D eigenvalue weighted by Crippen LogP contribution is 2.22. The second-order valence-electron chi connectivity index (χ2n) is 4.59. The fraction of sp³-hybridized carbons (Fsp3) is 0.125. The first-order valence-corrected chi connectivity index (χ1v) is 7.31. The molecule has 0 radical (unpaired) electrons. The van der Waals surface area contributed by atoms with Gasteiger partial charge in [0, 0.05) is 24.7 Å². The SMILES string of the molecule is CNC(=O)c1ccc(CNC(=O)c2ccc(Cl)c(Cl)c2)cc1. The molecule has 4 nitrogen and oxygen atoms in total. The van der Waals surface area contributed by atoms with Crippen LogP contribution in [0, 0.1) is 0 Å². The van der Waals surface area contributed by atoms with E-state index in [0.29, 0.717) is 27.7 Å². The minimum atomic E-state index is -0.242. The van der Waals surface area contributed by atoms with E-state index in [1.807, 2.05) is 0 Å². The second kappa shape index (κ2) is 7.29. The number of carbonyl (C=O) groups excluding carboxylic acids is 2. The van der Waals surface area contributed by atoms with E-state index in [0.717, 1.165) is 5.56 Å². The topological polar surface area (TPSA) is 58.2 Å². The summed E-state index contributed by atoms with van der Waals surface area (Å²) in [5.74, 6) is -0.389. The minimum Gasteiger partial charge on any atom is -0.355 e. The lowest BCUT2D eigenvalue weighted by Gasteiger charge is -2.07. The highest BCUT2D eigenvalue weighted by molar-refractivity contribution is 6.42. The van der Waals surface area contributed by atoms with Crippen LogP contribution in [0.15, 0.2) is 42.5 Å². The number of hydrogen-bond donors (Lipinski definition) is 2. The molecule has 6 heteroatoms. The lowest BCUT2D eigenvalue weighted by Crippen LogP contribution is -2.23. The highest BCUT2D eigenvalue weighted by atomic mass is 35.5. The van der Waals surface area contributed by atoms with Gasteiger partial charge in [-0.25, -0.2) is 0 Å². The predicted molar refractivity (Wildman–Crippen MR) is 87.5 cm³/mol. The van der Waals surface area contributed by atoms with Gasteiger partial charge in [-0.3, -0.25) is 9.59 Å². The Balaban J connectivity index is 1.98. The molecule has 0 fully saturated rings. The maximum atomic E-state index is 12.0. The van der Waals surface area contributed by atoms with Gasteiger partial charge >= 0.3 is 0 Å². The lowest BCUT2D eigenvalue weighted by atomic mass is 10.1. The van der Waals surface area contributed by atoms with Crippen molar-refractivity contribution in [3.05, 3.63) is 69.2 Å². The smallest absolute Gasteiger partial charge is 0.251 e. The van der Waals surface area contributed by atoms with Crippen molar-refractivity contribution in [3.8, 4) is 0 Å². The lowest BCUT2D eigenvalue weighted by molar-refractivity contribution is 0.0946. The number of nitrogens with one attached hydrogen (secondary N) is 2. The fourth-order valence-electron chi connectivity index (χ4n) is 1.84. The van der Waals surface area contributed by atoms with E-state index >= 15 is 0 Å². The molecule has 22 heavy (non-hydrogen) atoms. The molecule has 2 rings (SSSR count). The van der Waals surface area contributed by atoms with Crippen molar-refractivity contribution in [2.24, 2.45) is 0 Å². The van der Waals surface area contributed by atoms with E-state index in [-0.39, 0.29) is 11.8 Å². The van der Waals surface area contributed by atoms with Crippen LogP contribution in [0.1, 0.15) is 26.3 Å². The van der Waals surface area contributed by atoms with Crippen LogP contribution in [0.4, 0.5) is 0 Å². The van der Waals surface area contributed by atoms with Gasteiger partial charge in [-0.05, 0) is 35.9 Å². The molecule has 2 N–H and O–H groups in total. The molecule has 0 atom stereocenters. The van der Waals surface area contributed by atoms with Crippen LogP contribution in [0.5, 0.6) is 0 Å². The number of carbonyl (C=O) groups is 2. The zero-order valence-corrected chi connectivity index (χ0v) is 13.3. The average Bonchev–Trinajstić information content (AvgIpc) is 2.54. The minimum absolute atomic E-state index is 0.147. The molecule has 0 saturated heterocycles. The van der Waals surface area contributed by atoms with Crippen molar-refractivity contribution in [1.82, 2.24) is 10.6 Å². The van der Waals surface area contributed by atoms with Crippen LogP contribution in [0.3, 0.4) is 0 Å². The third kappa shape index (κ3) is 4.00. The van der Waals surface area contributed by atoms with Crippen LogP contribution in [-0.4, -0.2) is 18.9 Å². The number of benzene rings is 2. The van der Waals surface area contributed by atoms with Crippen molar-refractivity contribution >= 4 is 35.0 Å². The highest BCUT2D eigenvalue weighted by Gasteiger charge is 2.08. The summed E-state index contributed by atoms with van der Waals surface area (Å²) >= 11 is 11.7. The van der Waals surface area contributed by atoms with Gasteiger partial charge in [0.25, 0.3) is 11.8 Å². The Morgan fingerprint density at radius 2 is 1.55 bits per heavy atom. The molecule has 0 heterocycles. The Labute approximate surface area is 138 Å². The summed E-state index contributed by atoms with van der Waals surface area (Å²) in [5.41, 5.74) is 1.90. The zero-order chi connectivity index (χ0) is 16.1. The Morgan fingerprint density at radius 1 is 0.909 bits per heavy atom. The van der Waals surface area contributed by atoms with Crippen molar-refractivity contribution in [1.29, 1.82) is 0 Å². The molecule has 2 aromatic carbocycles. The molecule has 114 valence electrons. The van der Waals surface area contributed by atoms with E-state index in [9.17, 15) is 9.59 Å². The van der Waals surface area contributed by atoms with Gasteiger partial charge in [-0.1, -0.05) is 35.3 Å². The summed E-state index contributed by atoms with van der Waals surface area (Å²) in [5, 5.41) is 6.08. The molecular weight excluding hydrogens is 323 g/mol. The van der Waals surface area contributed by atoms with Gasteiger partial charge in [0.05, 0.1) is 10.0 Å². The van der Waals surface area contributed by atoms with E-state index in [2.05, 4.69) is 10.6 Å². The Kier molecular flexibility index (Phi) is 5.41. The molecule has 0 aliphatic heterocycles. The molecule has 2 aromatic rings. The first-order chi connectivity index (χ1) is 10.5. The van der Waals surface area contributed by atoms with Gasteiger partial charge in [-0.2, -0.15) is 0 Å². The zero-order valence-electron chi connectivity index (χ0n) is 11.8. The molecule has 0 saturated carbocycles. The van der Waals surface area contributed by atoms with Crippen molar-refractivity contribution < 1.29 is 9.59 Å². The summed E-state index contributed by atoms with van der Waals surface area (Å²) in [6.45, 7) is 0.354. The summed E-state index contributed by atoms with van der Waals surface area (Å²) in [6.07, 6.45) is 0. The normalized spacial score (nSPS) is 10.1.